The summed E-state index contributed by atoms with van der Waals surface area (Å²) < 4.78 is 52.6. The largest absolute Gasteiger partial charge is 0.350 e. The van der Waals surface area contributed by atoms with Gasteiger partial charge in [0.2, 0.25) is 15.9 Å². The highest BCUT2D eigenvalue weighted by Crippen LogP contribution is 2.25. The second-order valence-corrected chi connectivity index (χ2v) is 10.7. The first kappa shape index (κ1) is 25.2. The molecule has 0 aliphatic carbocycles. The van der Waals surface area contributed by atoms with Crippen molar-refractivity contribution in [2.24, 2.45) is 0 Å². The van der Waals surface area contributed by atoms with Crippen LogP contribution in [0, 0.1) is 0 Å². The number of likely N-dealkylation sites (tertiary alicyclic amines) is 1. The average molecular weight is 507 g/mol. The molecule has 0 bridgehead atoms. The van der Waals surface area contributed by atoms with E-state index in [4.69, 9.17) is 0 Å². The molecule has 2 aromatic carbocycles. The highest BCUT2D eigenvalue weighted by atomic mass is 32.2. The third kappa shape index (κ3) is 5.36. The van der Waals surface area contributed by atoms with Gasteiger partial charge in [-0.25, -0.2) is 17.2 Å². The number of amides is 2. The fourth-order valence-corrected chi connectivity index (χ4v) is 5.87. The van der Waals surface area contributed by atoms with Crippen LogP contribution in [0.15, 0.2) is 53.4 Å². The highest BCUT2D eigenvalue weighted by Gasteiger charge is 2.37. The molecule has 2 aromatic rings. The van der Waals surface area contributed by atoms with E-state index in [0.717, 1.165) is 0 Å². The van der Waals surface area contributed by atoms with Gasteiger partial charge in [0, 0.05) is 43.3 Å². The molecule has 11 heteroatoms. The SMILES string of the molecule is CNC1CN(S(=O)(=O)c2cccc(C(=O)N3CCC[C@@H]3C(=O)NCc3ccc(C(F)F)cc3)c2)C1. The van der Waals surface area contributed by atoms with E-state index in [1.54, 1.807) is 13.1 Å². The number of hydrogen-bond donors (Lipinski definition) is 2. The predicted molar refractivity (Wildman–Crippen MR) is 125 cm³/mol. The van der Waals surface area contributed by atoms with Crippen LogP contribution in [-0.4, -0.2) is 68.2 Å². The minimum absolute atomic E-state index is 0.0466. The van der Waals surface area contributed by atoms with Gasteiger partial charge in [-0.15, -0.1) is 0 Å². The molecule has 0 unspecified atom stereocenters. The monoisotopic (exact) mass is 506 g/mol. The normalized spacial score (nSPS) is 19.1. The van der Waals surface area contributed by atoms with Crippen molar-refractivity contribution >= 4 is 21.8 Å². The quantitative estimate of drug-likeness (QED) is 0.572. The van der Waals surface area contributed by atoms with Gasteiger partial charge in [0.15, 0.2) is 0 Å². The van der Waals surface area contributed by atoms with Crippen LogP contribution in [-0.2, 0) is 21.4 Å². The molecular formula is C24H28F2N4O4S. The van der Waals surface area contributed by atoms with Gasteiger partial charge in [0.25, 0.3) is 12.3 Å². The molecule has 2 fully saturated rings. The molecule has 8 nitrogen and oxygen atoms in total. The summed E-state index contributed by atoms with van der Waals surface area (Å²) in [5.74, 6) is -0.742. The summed E-state index contributed by atoms with van der Waals surface area (Å²) in [6, 6.07) is 11.0. The van der Waals surface area contributed by atoms with Crippen molar-refractivity contribution in [3.05, 3.63) is 65.2 Å². The van der Waals surface area contributed by atoms with E-state index in [1.807, 2.05) is 0 Å². The first-order valence-electron chi connectivity index (χ1n) is 11.4. The Bertz CT molecular complexity index is 1180. The Morgan fingerprint density at radius 2 is 1.83 bits per heavy atom. The van der Waals surface area contributed by atoms with Gasteiger partial charge in [-0.05, 0) is 43.7 Å². The van der Waals surface area contributed by atoms with E-state index in [0.29, 0.717) is 38.0 Å². The first-order valence-corrected chi connectivity index (χ1v) is 12.9. The van der Waals surface area contributed by atoms with E-state index in [9.17, 15) is 26.8 Å². The Balaban J connectivity index is 1.41. The lowest BCUT2D eigenvalue weighted by atomic mass is 10.1. The third-order valence-corrected chi connectivity index (χ3v) is 8.32. The Kier molecular flexibility index (Phi) is 7.48. The average Bonchev–Trinajstić information content (AvgIpc) is 3.31. The topological polar surface area (TPSA) is 98.8 Å². The van der Waals surface area contributed by atoms with E-state index in [-0.39, 0.29) is 34.5 Å². The van der Waals surface area contributed by atoms with Crippen molar-refractivity contribution in [2.75, 3.05) is 26.7 Å². The first-order chi connectivity index (χ1) is 16.7. The lowest BCUT2D eigenvalue weighted by Crippen LogP contribution is -2.58. The standard InChI is InChI=1S/C24H28F2N4O4S/c1-27-19-14-29(15-19)35(33,34)20-5-2-4-18(12-20)24(32)30-11-3-6-21(30)23(31)28-13-16-7-9-17(10-8-16)22(25)26/h2,4-5,7-10,12,19,21-22,27H,3,6,11,13-15H2,1H3,(H,28,31)/t21-/m1/s1. The second kappa shape index (κ2) is 10.4. The van der Waals surface area contributed by atoms with Crippen molar-refractivity contribution in [1.82, 2.24) is 19.8 Å². The van der Waals surface area contributed by atoms with Gasteiger partial charge in [-0.3, -0.25) is 9.59 Å². The molecule has 2 aliphatic rings. The molecule has 0 radical (unpaired) electrons. The number of nitrogens with one attached hydrogen (secondary N) is 2. The molecule has 2 N–H and O–H groups in total. The Morgan fingerprint density at radius 3 is 2.49 bits per heavy atom. The fraction of sp³-hybridized carbons (Fsp3) is 0.417. The lowest BCUT2D eigenvalue weighted by molar-refractivity contribution is -0.125. The van der Waals surface area contributed by atoms with Crippen molar-refractivity contribution in [3.63, 3.8) is 0 Å². The third-order valence-electron chi connectivity index (χ3n) is 6.49. The van der Waals surface area contributed by atoms with Crippen LogP contribution in [0.3, 0.4) is 0 Å². The smallest absolute Gasteiger partial charge is 0.263 e. The molecule has 2 saturated heterocycles. The second-order valence-electron chi connectivity index (χ2n) is 8.75. The van der Waals surface area contributed by atoms with Crippen LogP contribution in [0.5, 0.6) is 0 Å². The molecular weight excluding hydrogens is 478 g/mol. The number of rotatable bonds is 8. The summed E-state index contributed by atoms with van der Waals surface area (Å²) in [6.45, 7) is 1.28. The molecule has 2 amide bonds. The minimum Gasteiger partial charge on any atom is -0.350 e. The number of halogens is 2. The maximum absolute atomic E-state index is 13.2. The Hall–Kier alpha value is -2.89. The van der Waals surface area contributed by atoms with Gasteiger partial charge in [-0.1, -0.05) is 30.3 Å². The molecule has 0 spiro atoms. The van der Waals surface area contributed by atoms with Crippen LogP contribution in [0.4, 0.5) is 8.78 Å². The number of likely N-dealkylation sites (N-methyl/N-ethyl adjacent to an activating group) is 1. The van der Waals surface area contributed by atoms with E-state index < -0.39 is 28.4 Å². The summed E-state index contributed by atoms with van der Waals surface area (Å²) in [5, 5.41) is 5.80. The molecule has 4 rings (SSSR count). The highest BCUT2D eigenvalue weighted by molar-refractivity contribution is 7.89. The zero-order valence-corrected chi connectivity index (χ0v) is 20.1. The zero-order chi connectivity index (χ0) is 25.2. The summed E-state index contributed by atoms with van der Waals surface area (Å²) in [6.07, 6.45) is -1.43. The van der Waals surface area contributed by atoms with Crippen LogP contribution >= 0.6 is 0 Å². The Labute approximate surface area is 203 Å². The van der Waals surface area contributed by atoms with Gasteiger partial charge in [0.05, 0.1) is 4.90 Å². The minimum atomic E-state index is -3.71. The molecule has 188 valence electrons. The van der Waals surface area contributed by atoms with Gasteiger partial charge in [-0.2, -0.15) is 4.31 Å². The van der Waals surface area contributed by atoms with Gasteiger partial charge in [0.1, 0.15) is 6.04 Å². The zero-order valence-electron chi connectivity index (χ0n) is 19.3. The molecule has 2 aliphatic heterocycles. The number of carbonyl (C=O) groups excluding carboxylic acids is 2. The number of benzene rings is 2. The number of alkyl halides is 2. The van der Waals surface area contributed by atoms with Crippen LogP contribution in [0.2, 0.25) is 0 Å². The summed E-state index contributed by atoms with van der Waals surface area (Å²) in [4.78, 5) is 27.6. The number of hydrogen-bond acceptors (Lipinski definition) is 5. The van der Waals surface area contributed by atoms with Gasteiger partial charge < -0.3 is 15.5 Å². The van der Waals surface area contributed by atoms with E-state index in [1.165, 1.54) is 51.7 Å². The lowest BCUT2D eigenvalue weighted by Gasteiger charge is -2.37. The summed E-state index contributed by atoms with van der Waals surface area (Å²) in [7, 11) is -1.93. The van der Waals surface area contributed by atoms with E-state index >= 15 is 0 Å². The van der Waals surface area contributed by atoms with Crippen molar-refractivity contribution in [1.29, 1.82) is 0 Å². The number of sulfonamides is 1. The maximum Gasteiger partial charge on any atom is 0.263 e. The van der Waals surface area contributed by atoms with Crippen molar-refractivity contribution in [3.8, 4) is 0 Å². The number of carbonyl (C=O) groups is 2. The molecule has 2 heterocycles. The predicted octanol–water partition coefficient (Wildman–Crippen LogP) is 2.14. The maximum atomic E-state index is 13.2. The molecule has 0 aromatic heterocycles. The van der Waals surface area contributed by atoms with Crippen LogP contribution < -0.4 is 10.6 Å². The van der Waals surface area contributed by atoms with E-state index in [2.05, 4.69) is 10.6 Å². The molecule has 35 heavy (non-hydrogen) atoms. The van der Waals surface area contributed by atoms with Crippen LogP contribution in [0.25, 0.3) is 0 Å². The molecule has 0 saturated carbocycles. The fourth-order valence-electron chi connectivity index (χ4n) is 4.29. The van der Waals surface area contributed by atoms with Crippen LogP contribution in [0.1, 0.15) is 40.8 Å². The molecule has 1 atom stereocenters. The summed E-state index contributed by atoms with van der Waals surface area (Å²) in [5.41, 5.74) is 0.787. The van der Waals surface area contributed by atoms with Crippen molar-refractivity contribution < 1.29 is 26.8 Å². The van der Waals surface area contributed by atoms with Crippen molar-refractivity contribution in [2.45, 2.75) is 42.8 Å². The van der Waals surface area contributed by atoms with Gasteiger partial charge >= 0.3 is 0 Å². The Morgan fingerprint density at radius 1 is 1.11 bits per heavy atom. The number of nitrogens with zero attached hydrogens (tertiary/aromatic N) is 2. The summed E-state index contributed by atoms with van der Waals surface area (Å²) >= 11 is 0.